The highest BCUT2D eigenvalue weighted by molar-refractivity contribution is 5.72. The minimum atomic E-state index is 0.0375. The lowest BCUT2D eigenvalue weighted by Crippen LogP contribution is -2.33. The lowest BCUT2D eigenvalue weighted by atomic mass is 10.1. The lowest BCUT2D eigenvalue weighted by Gasteiger charge is -2.22. The van der Waals surface area contributed by atoms with E-state index in [2.05, 4.69) is 22.1 Å². The molecule has 0 radical (unpaired) electrons. The van der Waals surface area contributed by atoms with Gasteiger partial charge in [0.2, 0.25) is 11.8 Å². The maximum Gasteiger partial charge on any atom is 0.239 e. The van der Waals surface area contributed by atoms with Gasteiger partial charge in [-0.15, -0.1) is 0 Å². The molecule has 0 aliphatic carbocycles. The number of rotatable bonds is 7. The van der Waals surface area contributed by atoms with Crippen molar-refractivity contribution >= 4 is 11.7 Å². The van der Waals surface area contributed by atoms with Crippen molar-refractivity contribution in [2.45, 2.75) is 6.92 Å². The van der Waals surface area contributed by atoms with Crippen LogP contribution in [0, 0.1) is 0 Å². The molecule has 3 aromatic rings. The fraction of sp³-hybridized carbons (Fsp3) is 0.227. The van der Waals surface area contributed by atoms with Crippen molar-refractivity contribution in [3.8, 4) is 22.8 Å². The molecule has 6 heteroatoms. The molecule has 0 saturated heterocycles. The summed E-state index contributed by atoms with van der Waals surface area (Å²) in [5.41, 5.74) is 2.29. The number of hydrogen-bond donors (Lipinski definition) is 0. The minimum Gasteiger partial charge on any atom is -0.437 e. The van der Waals surface area contributed by atoms with Gasteiger partial charge in [-0.05, 0) is 23.3 Å². The summed E-state index contributed by atoms with van der Waals surface area (Å²) in [4.78, 5) is 23.7. The first-order valence-electron chi connectivity index (χ1n) is 9.11. The third-order valence-electron chi connectivity index (χ3n) is 4.48. The fourth-order valence-electron chi connectivity index (χ4n) is 2.61. The topological polar surface area (TPSA) is 58.6 Å². The first-order chi connectivity index (χ1) is 13.5. The number of nitrogens with zero attached hydrogens (tertiary/aromatic N) is 4. The molecular weight excluding hydrogens is 352 g/mol. The summed E-state index contributed by atoms with van der Waals surface area (Å²) in [7, 11) is 3.69. The van der Waals surface area contributed by atoms with E-state index in [0.717, 1.165) is 11.1 Å². The summed E-state index contributed by atoms with van der Waals surface area (Å²) in [6, 6.07) is 18.1. The van der Waals surface area contributed by atoms with Gasteiger partial charge in [0.1, 0.15) is 5.75 Å². The van der Waals surface area contributed by atoms with Gasteiger partial charge >= 0.3 is 0 Å². The van der Waals surface area contributed by atoms with E-state index >= 15 is 0 Å². The summed E-state index contributed by atoms with van der Waals surface area (Å²) < 4.78 is 5.86. The lowest BCUT2D eigenvalue weighted by molar-refractivity contribution is -0.127. The molecule has 0 saturated carbocycles. The van der Waals surface area contributed by atoms with Crippen molar-refractivity contribution in [1.29, 1.82) is 0 Å². The van der Waals surface area contributed by atoms with E-state index in [1.54, 1.807) is 31.3 Å². The summed E-state index contributed by atoms with van der Waals surface area (Å²) in [5.74, 6) is 1.85. The van der Waals surface area contributed by atoms with Crippen LogP contribution in [0.2, 0.25) is 0 Å². The third-order valence-corrected chi connectivity index (χ3v) is 4.48. The van der Waals surface area contributed by atoms with Gasteiger partial charge in [0.05, 0.1) is 12.4 Å². The van der Waals surface area contributed by atoms with Crippen molar-refractivity contribution in [1.82, 2.24) is 14.9 Å². The zero-order valence-corrected chi connectivity index (χ0v) is 16.4. The van der Waals surface area contributed by atoms with Crippen LogP contribution in [-0.4, -0.2) is 48.0 Å². The number of hydrogen-bond acceptors (Lipinski definition) is 5. The van der Waals surface area contributed by atoms with Gasteiger partial charge in [0, 0.05) is 34.1 Å². The standard InChI is InChI=1S/C22H24N4O2/c1-17(27)25(2)13-14-26(3)21-15-23-16-22(24-21)28-20-11-9-19(10-12-20)18-7-5-4-6-8-18/h4-12,15-16H,13-14H2,1-3H3. The Bertz CT molecular complexity index is 913. The van der Waals surface area contributed by atoms with Crippen molar-refractivity contribution in [2.24, 2.45) is 0 Å². The molecule has 1 aromatic heterocycles. The van der Waals surface area contributed by atoms with Crippen molar-refractivity contribution in [3.63, 3.8) is 0 Å². The molecule has 0 N–H and O–H groups in total. The third kappa shape index (κ3) is 5.07. The number of ether oxygens (including phenoxy) is 1. The molecule has 0 bridgehead atoms. The summed E-state index contributed by atoms with van der Waals surface area (Å²) in [6.07, 6.45) is 3.27. The van der Waals surface area contributed by atoms with Gasteiger partial charge in [-0.3, -0.25) is 9.78 Å². The van der Waals surface area contributed by atoms with Crippen LogP contribution in [0.1, 0.15) is 6.92 Å². The van der Waals surface area contributed by atoms with Gasteiger partial charge in [-0.25, -0.2) is 0 Å². The van der Waals surface area contributed by atoms with Gasteiger partial charge in [-0.1, -0.05) is 42.5 Å². The Balaban J connectivity index is 1.65. The number of amides is 1. The molecule has 3 rings (SSSR count). The van der Waals surface area contributed by atoms with Crippen LogP contribution >= 0.6 is 0 Å². The summed E-state index contributed by atoms with van der Waals surface area (Å²) >= 11 is 0. The predicted octanol–water partition coefficient (Wildman–Crippen LogP) is 3.85. The Kier molecular flexibility index (Phi) is 6.22. The number of anilines is 1. The van der Waals surface area contributed by atoms with Gasteiger partial charge < -0.3 is 14.5 Å². The largest absolute Gasteiger partial charge is 0.437 e. The number of benzene rings is 2. The van der Waals surface area contributed by atoms with Crippen molar-refractivity contribution in [2.75, 3.05) is 32.1 Å². The Hall–Kier alpha value is -3.41. The number of likely N-dealkylation sites (N-methyl/N-ethyl adjacent to an activating group) is 2. The van der Waals surface area contributed by atoms with Crippen LogP contribution in [0.5, 0.6) is 11.6 Å². The molecule has 0 aliphatic heterocycles. The SMILES string of the molecule is CC(=O)N(C)CCN(C)c1cncc(Oc2ccc(-c3ccccc3)cc2)n1. The quantitative estimate of drug-likeness (QED) is 0.627. The average Bonchev–Trinajstić information content (AvgIpc) is 2.73. The highest BCUT2D eigenvalue weighted by Crippen LogP contribution is 2.25. The zero-order valence-electron chi connectivity index (χ0n) is 16.4. The molecule has 2 aromatic carbocycles. The fourth-order valence-corrected chi connectivity index (χ4v) is 2.61. The van der Waals surface area contributed by atoms with Gasteiger partial charge in [-0.2, -0.15) is 4.98 Å². The van der Waals surface area contributed by atoms with Crippen molar-refractivity contribution in [3.05, 3.63) is 67.0 Å². The van der Waals surface area contributed by atoms with Crippen LogP contribution in [-0.2, 0) is 4.79 Å². The maximum absolute atomic E-state index is 11.3. The van der Waals surface area contributed by atoms with Crippen LogP contribution in [0.4, 0.5) is 5.82 Å². The highest BCUT2D eigenvalue weighted by atomic mass is 16.5. The van der Waals surface area contributed by atoms with Crippen molar-refractivity contribution < 1.29 is 9.53 Å². The number of carbonyl (C=O) groups excluding carboxylic acids is 1. The zero-order chi connectivity index (χ0) is 19.9. The molecule has 6 nitrogen and oxygen atoms in total. The number of aromatic nitrogens is 2. The Morgan fingerprint density at radius 2 is 1.61 bits per heavy atom. The van der Waals surface area contributed by atoms with E-state index in [9.17, 15) is 4.79 Å². The monoisotopic (exact) mass is 376 g/mol. The molecule has 1 amide bonds. The van der Waals surface area contributed by atoms with Crippen LogP contribution in [0.25, 0.3) is 11.1 Å². The normalized spacial score (nSPS) is 10.4. The van der Waals surface area contributed by atoms with Crippen LogP contribution < -0.4 is 9.64 Å². The van der Waals surface area contributed by atoms with Gasteiger partial charge in [0.25, 0.3) is 0 Å². The second kappa shape index (κ2) is 8.99. The maximum atomic E-state index is 11.3. The second-order valence-electron chi connectivity index (χ2n) is 6.57. The molecule has 0 spiro atoms. The molecule has 28 heavy (non-hydrogen) atoms. The van der Waals surface area contributed by atoms with E-state index in [1.165, 1.54) is 0 Å². The van der Waals surface area contributed by atoms with Crippen LogP contribution in [0.15, 0.2) is 67.0 Å². The summed E-state index contributed by atoms with van der Waals surface area (Å²) in [6.45, 7) is 2.82. The highest BCUT2D eigenvalue weighted by Gasteiger charge is 2.09. The Morgan fingerprint density at radius 3 is 2.29 bits per heavy atom. The predicted molar refractivity (Wildman–Crippen MR) is 111 cm³/mol. The molecule has 1 heterocycles. The van der Waals surface area contributed by atoms with E-state index in [-0.39, 0.29) is 5.91 Å². The molecule has 0 unspecified atom stereocenters. The molecule has 0 aliphatic rings. The number of carbonyl (C=O) groups is 1. The summed E-state index contributed by atoms with van der Waals surface area (Å²) in [5, 5.41) is 0. The van der Waals surface area contributed by atoms with E-state index in [0.29, 0.717) is 30.5 Å². The Labute approximate surface area is 165 Å². The van der Waals surface area contributed by atoms with E-state index in [4.69, 9.17) is 4.74 Å². The smallest absolute Gasteiger partial charge is 0.239 e. The van der Waals surface area contributed by atoms with E-state index in [1.807, 2.05) is 54.4 Å². The first-order valence-corrected chi connectivity index (χ1v) is 9.11. The Morgan fingerprint density at radius 1 is 0.929 bits per heavy atom. The molecule has 144 valence electrons. The van der Waals surface area contributed by atoms with Crippen LogP contribution in [0.3, 0.4) is 0 Å². The molecule has 0 atom stereocenters. The van der Waals surface area contributed by atoms with E-state index < -0.39 is 0 Å². The second-order valence-corrected chi connectivity index (χ2v) is 6.57. The molecule has 0 fully saturated rings. The average molecular weight is 376 g/mol. The first kappa shape index (κ1) is 19.4. The minimum absolute atomic E-state index is 0.0375. The molecular formula is C22H24N4O2. The van der Waals surface area contributed by atoms with Gasteiger partial charge in [0.15, 0.2) is 5.82 Å².